The molecule has 0 unspecified atom stereocenters. The minimum Gasteiger partial charge on any atom is -0.352 e. The van der Waals surface area contributed by atoms with Crippen molar-refractivity contribution in [1.29, 1.82) is 0 Å². The molecule has 3 aromatic rings. The highest BCUT2D eigenvalue weighted by Crippen LogP contribution is 2.32. The number of hydrogen-bond donors (Lipinski definition) is 1. The number of benzene rings is 1. The smallest absolute Gasteiger partial charge is 0.239 e. The lowest BCUT2D eigenvalue weighted by Crippen LogP contribution is -2.41. The Morgan fingerprint density at radius 3 is 2.82 bits per heavy atom. The molecule has 4 rings (SSSR count). The molecule has 0 bridgehead atoms. The molecule has 1 aliphatic carbocycles. The van der Waals surface area contributed by atoms with E-state index in [0.29, 0.717) is 12.6 Å². The van der Waals surface area contributed by atoms with Crippen LogP contribution >= 0.6 is 11.3 Å². The van der Waals surface area contributed by atoms with Gasteiger partial charge in [0.15, 0.2) is 10.8 Å². The molecule has 1 aromatic carbocycles. The Morgan fingerprint density at radius 1 is 1.29 bits per heavy atom. The Hall–Kier alpha value is -2.41. The molecular weight excluding hydrogens is 370 g/mol. The van der Waals surface area contributed by atoms with Crippen molar-refractivity contribution >= 4 is 32.7 Å². The molecule has 6 nitrogen and oxygen atoms in total. The normalized spacial score (nSPS) is 15.1. The average Bonchev–Trinajstić information content (AvgIpc) is 3.23. The standard InChI is InChI=1S/C21H27N5OS/c1-14-8-7-11-17(12-14)26-20-19(15(2)24-26)28-21(23-20)25(3)13-18(27)22-16-9-5-4-6-10-16/h7-8,11-12,16H,4-6,9-10,13H2,1-3H3,(H,22,27). The number of amides is 1. The highest BCUT2D eigenvalue weighted by Gasteiger charge is 2.20. The van der Waals surface area contributed by atoms with Gasteiger partial charge in [-0.15, -0.1) is 0 Å². The van der Waals surface area contributed by atoms with Gasteiger partial charge in [0.1, 0.15) is 0 Å². The highest BCUT2D eigenvalue weighted by molar-refractivity contribution is 7.22. The van der Waals surface area contributed by atoms with Crippen molar-refractivity contribution in [2.75, 3.05) is 18.5 Å². The molecule has 1 amide bonds. The van der Waals surface area contributed by atoms with Gasteiger partial charge in [-0.25, -0.2) is 4.68 Å². The van der Waals surface area contributed by atoms with Crippen LogP contribution in [-0.4, -0.2) is 40.3 Å². The van der Waals surface area contributed by atoms with E-state index in [2.05, 4.69) is 29.5 Å². The molecule has 0 atom stereocenters. The van der Waals surface area contributed by atoms with Crippen LogP contribution in [0.2, 0.25) is 0 Å². The quantitative estimate of drug-likeness (QED) is 0.707. The van der Waals surface area contributed by atoms with Gasteiger partial charge >= 0.3 is 0 Å². The number of hydrogen-bond acceptors (Lipinski definition) is 5. The third-order valence-corrected chi connectivity index (χ3v) is 6.57. The summed E-state index contributed by atoms with van der Waals surface area (Å²) >= 11 is 1.59. The molecule has 1 saturated carbocycles. The zero-order chi connectivity index (χ0) is 19.7. The second-order valence-corrected chi connectivity index (χ2v) is 8.72. The summed E-state index contributed by atoms with van der Waals surface area (Å²) in [4.78, 5) is 19.2. The molecule has 0 spiro atoms. The summed E-state index contributed by atoms with van der Waals surface area (Å²) in [5.74, 6) is 0.0747. The van der Waals surface area contributed by atoms with E-state index in [1.54, 1.807) is 11.3 Å². The Bertz CT molecular complexity index is 986. The molecule has 1 fully saturated rings. The molecule has 1 N–H and O–H groups in total. The SMILES string of the molecule is Cc1cccc(-n2nc(C)c3sc(N(C)CC(=O)NC4CCCCC4)nc32)c1. The van der Waals surface area contributed by atoms with Gasteiger partial charge in [0.25, 0.3) is 0 Å². The first-order chi connectivity index (χ1) is 13.5. The van der Waals surface area contributed by atoms with Crippen molar-refractivity contribution in [2.24, 2.45) is 0 Å². The van der Waals surface area contributed by atoms with E-state index in [1.807, 2.05) is 35.7 Å². The number of aryl methyl sites for hydroxylation is 2. The van der Waals surface area contributed by atoms with Crippen LogP contribution in [0.3, 0.4) is 0 Å². The van der Waals surface area contributed by atoms with Gasteiger partial charge in [0.05, 0.1) is 22.6 Å². The Labute approximate surface area is 169 Å². The Kier molecular flexibility index (Phi) is 5.35. The average molecular weight is 398 g/mol. The maximum absolute atomic E-state index is 12.4. The van der Waals surface area contributed by atoms with Gasteiger partial charge in [0, 0.05) is 13.1 Å². The Morgan fingerprint density at radius 2 is 2.07 bits per heavy atom. The number of nitrogens with zero attached hydrogens (tertiary/aromatic N) is 4. The van der Waals surface area contributed by atoms with E-state index < -0.39 is 0 Å². The Balaban J connectivity index is 1.52. The predicted molar refractivity (Wildman–Crippen MR) is 115 cm³/mol. The summed E-state index contributed by atoms with van der Waals surface area (Å²) in [6, 6.07) is 8.58. The molecular formula is C21H27N5OS. The third kappa shape index (κ3) is 3.90. The first-order valence-electron chi connectivity index (χ1n) is 9.95. The van der Waals surface area contributed by atoms with Crippen molar-refractivity contribution in [2.45, 2.75) is 52.0 Å². The number of fused-ring (bicyclic) bond motifs is 1. The molecule has 7 heteroatoms. The number of nitrogens with one attached hydrogen (secondary N) is 1. The zero-order valence-corrected chi connectivity index (χ0v) is 17.6. The summed E-state index contributed by atoms with van der Waals surface area (Å²) in [6.07, 6.45) is 5.92. The van der Waals surface area contributed by atoms with E-state index in [-0.39, 0.29) is 5.91 Å². The van der Waals surface area contributed by atoms with E-state index in [0.717, 1.165) is 39.7 Å². The summed E-state index contributed by atoms with van der Waals surface area (Å²) in [5.41, 5.74) is 4.00. The molecule has 1 aliphatic rings. The van der Waals surface area contributed by atoms with E-state index >= 15 is 0 Å². The number of carbonyl (C=O) groups is 1. The fourth-order valence-corrected chi connectivity index (χ4v) is 4.78. The monoisotopic (exact) mass is 397 g/mol. The number of anilines is 1. The van der Waals surface area contributed by atoms with Crippen LogP contribution in [0.15, 0.2) is 24.3 Å². The van der Waals surface area contributed by atoms with E-state index in [4.69, 9.17) is 4.98 Å². The minimum atomic E-state index is 0.0747. The molecule has 0 aliphatic heterocycles. The highest BCUT2D eigenvalue weighted by atomic mass is 32.1. The van der Waals surface area contributed by atoms with Gasteiger partial charge in [-0.1, -0.05) is 42.7 Å². The van der Waals surface area contributed by atoms with Crippen molar-refractivity contribution in [3.63, 3.8) is 0 Å². The lowest BCUT2D eigenvalue weighted by molar-refractivity contribution is -0.120. The summed E-state index contributed by atoms with van der Waals surface area (Å²) in [5, 5.41) is 8.69. The van der Waals surface area contributed by atoms with Gasteiger partial charge < -0.3 is 10.2 Å². The molecule has 2 heterocycles. The van der Waals surface area contributed by atoms with Crippen LogP contribution in [0.4, 0.5) is 5.13 Å². The first-order valence-corrected chi connectivity index (χ1v) is 10.8. The number of rotatable bonds is 5. The lowest BCUT2D eigenvalue weighted by Gasteiger charge is -2.24. The molecule has 28 heavy (non-hydrogen) atoms. The van der Waals surface area contributed by atoms with Crippen molar-refractivity contribution in [3.8, 4) is 5.69 Å². The van der Waals surface area contributed by atoms with Crippen LogP contribution < -0.4 is 10.2 Å². The molecule has 148 valence electrons. The molecule has 0 saturated heterocycles. The third-order valence-electron chi connectivity index (χ3n) is 5.30. The van der Waals surface area contributed by atoms with Crippen LogP contribution in [0.1, 0.15) is 43.4 Å². The molecule has 2 aromatic heterocycles. The maximum Gasteiger partial charge on any atom is 0.239 e. The lowest BCUT2D eigenvalue weighted by atomic mass is 9.95. The van der Waals surface area contributed by atoms with Gasteiger partial charge in [-0.3, -0.25) is 4.79 Å². The van der Waals surface area contributed by atoms with Crippen molar-refractivity contribution in [1.82, 2.24) is 20.1 Å². The van der Waals surface area contributed by atoms with E-state index in [1.165, 1.54) is 24.8 Å². The number of likely N-dealkylation sites (N-methyl/N-ethyl adjacent to an activating group) is 1. The topological polar surface area (TPSA) is 63.1 Å². The van der Waals surface area contributed by atoms with E-state index in [9.17, 15) is 4.79 Å². The van der Waals surface area contributed by atoms with Gasteiger partial charge in [-0.2, -0.15) is 10.1 Å². The van der Waals surface area contributed by atoms with Crippen LogP contribution in [-0.2, 0) is 4.79 Å². The predicted octanol–water partition coefficient (Wildman–Crippen LogP) is 3.98. The summed E-state index contributed by atoms with van der Waals surface area (Å²) in [6.45, 7) is 4.40. The number of aromatic nitrogens is 3. The van der Waals surface area contributed by atoms with Crippen molar-refractivity contribution in [3.05, 3.63) is 35.5 Å². The molecule has 0 radical (unpaired) electrons. The second kappa shape index (κ2) is 7.91. The van der Waals surface area contributed by atoms with Gasteiger partial charge in [0.2, 0.25) is 5.91 Å². The van der Waals surface area contributed by atoms with Crippen LogP contribution in [0, 0.1) is 13.8 Å². The number of carbonyl (C=O) groups excluding carboxylic acids is 1. The van der Waals surface area contributed by atoms with Gasteiger partial charge in [-0.05, 0) is 44.4 Å². The summed E-state index contributed by atoms with van der Waals surface area (Å²) < 4.78 is 2.96. The van der Waals surface area contributed by atoms with Crippen LogP contribution in [0.5, 0.6) is 0 Å². The van der Waals surface area contributed by atoms with Crippen LogP contribution in [0.25, 0.3) is 16.0 Å². The zero-order valence-electron chi connectivity index (χ0n) is 16.7. The second-order valence-electron chi connectivity index (χ2n) is 7.74. The minimum absolute atomic E-state index is 0.0747. The summed E-state index contributed by atoms with van der Waals surface area (Å²) in [7, 11) is 1.93. The van der Waals surface area contributed by atoms with Crippen molar-refractivity contribution < 1.29 is 4.79 Å². The maximum atomic E-state index is 12.4. The first kappa shape index (κ1) is 18.9. The fraction of sp³-hybridized carbons (Fsp3) is 0.476. The fourth-order valence-electron chi connectivity index (χ4n) is 3.83. The number of thiazole rings is 1. The largest absolute Gasteiger partial charge is 0.352 e.